The summed E-state index contributed by atoms with van der Waals surface area (Å²) in [6.45, 7) is 1.89. The van der Waals surface area contributed by atoms with Crippen LogP contribution in [-0.2, 0) is 0 Å². The first-order chi connectivity index (χ1) is 10.3. The average Bonchev–Trinajstić information content (AvgIpc) is 2.57. The van der Waals surface area contributed by atoms with Gasteiger partial charge in [0.05, 0.1) is 0 Å². The summed E-state index contributed by atoms with van der Waals surface area (Å²) in [5, 5.41) is 16.7. The molecule has 3 rings (SSSR count). The highest BCUT2D eigenvalue weighted by atomic mass is 15.3. The molecular formula is C17H16N4. The summed E-state index contributed by atoms with van der Waals surface area (Å²) in [7, 11) is 0. The molecular weight excluding hydrogens is 260 g/mol. The summed E-state index contributed by atoms with van der Waals surface area (Å²) in [5.74, 6) is 0.854. The van der Waals surface area contributed by atoms with Crippen molar-refractivity contribution >= 4 is 11.9 Å². The Kier molecular flexibility index (Phi) is 3.92. The standard InChI is InChI=1S/C17H16N4/c18-13-16-6-7-17(20-19-16)21-10-8-15(9-11-21)12-14-4-2-1-3-5-14/h1-7,12H,8-11H2. The number of aromatic nitrogens is 2. The number of nitrogens with zero attached hydrogens (tertiary/aromatic N) is 4. The molecule has 0 atom stereocenters. The van der Waals surface area contributed by atoms with Gasteiger partial charge in [-0.1, -0.05) is 42.0 Å². The van der Waals surface area contributed by atoms with Crippen molar-refractivity contribution in [2.45, 2.75) is 12.8 Å². The van der Waals surface area contributed by atoms with Crippen LogP contribution in [0, 0.1) is 11.3 Å². The van der Waals surface area contributed by atoms with Crippen molar-refractivity contribution in [3.63, 3.8) is 0 Å². The van der Waals surface area contributed by atoms with E-state index in [0.29, 0.717) is 5.69 Å². The quantitative estimate of drug-likeness (QED) is 0.846. The van der Waals surface area contributed by atoms with Crippen molar-refractivity contribution in [1.29, 1.82) is 5.26 Å². The van der Waals surface area contributed by atoms with Crippen molar-refractivity contribution < 1.29 is 0 Å². The Morgan fingerprint density at radius 2 is 1.76 bits per heavy atom. The molecule has 0 spiro atoms. The lowest BCUT2D eigenvalue weighted by molar-refractivity contribution is 0.675. The van der Waals surface area contributed by atoms with E-state index in [1.165, 1.54) is 11.1 Å². The molecule has 2 aromatic rings. The summed E-state index contributed by atoms with van der Waals surface area (Å²) in [6.07, 6.45) is 4.36. The highest BCUT2D eigenvalue weighted by Crippen LogP contribution is 2.22. The first-order valence-electron chi connectivity index (χ1n) is 7.08. The van der Waals surface area contributed by atoms with E-state index in [1.807, 2.05) is 18.2 Å². The van der Waals surface area contributed by atoms with Crippen LogP contribution in [-0.4, -0.2) is 23.3 Å². The van der Waals surface area contributed by atoms with Gasteiger partial charge >= 0.3 is 0 Å². The van der Waals surface area contributed by atoms with E-state index < -0.39 is 0 Å². The van der Waals surface area contributed by atoms with Crippen molar-refractivity contribution in [3.8, 4) is 6.07 Å². The van der Waals surface area contributed by atoms with Gasteiger partial charge in [0.2, 0.25) is 0 Å². The molecule has 1 aromatic heterocycles. The Bertz CT molecular complexity index is 658. The van der Waals surface area contributed by atoms with E-state index in [2.05, 4.69) is 45.4 Å². The molecule has 1 fully saturated rings. The van der Waals surface area contributed by atoms with Crippen LogP contribution in [0.15, 0.2) is 48.0 Å². The van der Waals surface area contributed by atoms with Crippen molar-refractivity contribution in [2.24, 2.45) is 0 Å². The summed E-state index contributed by atoms with van der Waals surface area (Å²) in [5.41, 5.74) is 3.10. The molecule has 0 aliphatic carbocycles. The van der Waals surface area contributed by atoms with E-state index >= 15 is 0 Å². The second-order valence-corrected chi connectivity index (χ2v) is 5.09. The highest BCUT2D eigenvalue weighted by Gasteiger charge is 2.15. The van der Waals surface area contributed by atoms with Crippen LogP contribution >= 0.6 is 0 Å². The first kappa shape index (κ1) is 13.3. The lowest BCUT2D eigenvalue weighted by Gasteiger charge is -2.29. The minimum Gasteiger partial charge on any atom is -0.354 e. The minimum absolute atomic E-state index is 0.362. The topological polar surface area (TPSA) is 52.8 Å². The number of nitriles is 1. The molecule has 21 heavy (non-hydrogen) atoms. The maximum absolute atomic E-state index is 8.74. The average molecular weight is 276 g/mol. The molecule has 4 heteroatoms. The molecule has 4 nitrogen and oxygen atoms in total. The number of rotatable bonds is 2. The predicted octanol–water partition coefficient (Wildman–Crippen LogP) is 3.03. The van der Waals surface area contributed by atoms with Crippen molar-refractivity contribution in [3.05, 3.63) is 59.3 Å². The summed E-state index contributed by atoms with van der Waals surface area (Å²) >= 11 is 0. The molecule has 0 bridgehead atoms. The van der Waals surface area contributed by atoms with Gasteiger partial charge in [-0.05, 0) is 30.5 Å². The monoisotopic (exact) mass is 276 g/mol. The predicted molar refractivity (Wildman–Crippen MR) is 82.6 cm³/mol. The van der Waals surface area contributed by atoms with Gasteiger partial charge in [-0.25, -0.2) is 0 Å². The molecule has 104 valence electrons. The second kappa shape index (κ2) is 6.19. The fourth-order valence-corrected chi connectivity index (χ4v) is 2.51. The number of piperidine rings is 1. The molecule has 2 heterocycles. The lowest BCUT2D eigenvalue weighted by atomic mass is 10.0. The molecule has 1 aliphatic heterocycles. The van der Waals surface area contributed by atoms with Gasteiger partial charge in [-0.3, -0.25) is 0 Å². The highest BCUT2D eigenvalue weighted by molar-refractivity contribution is 5.54. The molecule has 0 saturated carbocycles. The Morgan fingerprint density at radius 1 is 1.00 bits per heavy atom. The third-order valence-corrected chi connectivity index (χ3v) is 3.67. The zero-order valence-corrected chi connectivity index (χ0v) is 11.7. The van der Waals surface area contributed by atoms with Gasteiger partial charge in [0.1, 0.15) is 6.07 Å². The fourth-order valence-electron chi connectivity index (χ4n) is 2.51. The fraction of sp³-hybridized carbons (Fsp3) is 0.235. The molecule has 1 aliphatic rings. The lowest BCUT2D eigenvalue weighted by Crippen LogP contribution is -2.31. The number of anilines is 1. The van der Waals surface area contributed by atoms with Crippen molar-refractivity contribution in [1.82, 2.24) is 10.2 Å². The Morgan fingerprint density at radius 3 is 2.38 bits per heavy atom. The van der Waals surface area contributed by atoms with E-state index in [4.69, 9.17) is 5.26 Å². The Balaban J connectivity index is 1.65. The van der Waals surface area contributed by atoms with Gasteiger partial charge in [0, 0.05) is 13.1 Å². The van der Waals surface area contributed by atoms with E-state index in [-0.39, 0.29) is 0 Å². The van der Waals surface area contributed by atoms with Crippen LogP contribution in [0.5, 0.6) is 0 Å². The maximum atomic E-state index is 8.74. The molecule has 1 aromatic carbocycles. The molecule has 0 radical (unpaired) electrons. The largest absolute Gasteiger partial charge is 0.354 e. The first-order valence-corrected chi connectivity index (χ1v) is 7.08. The van der Waals surface area contributed by atoms with Gasteiger partial charge in [0.25, 0.3) is 0 Å². The van der Waals surface area contributed by atoms with Crippen LogP contribution in [0.4, 0.5) is 5.82 Å². The zero-order valence-electron chi connectivity index (χ0n) is 11.7. The molecule has 0 N–H and O–H groups in total. The van der Waals surface area contributed by atoms with Crippen LogP contribution < -0.4 is 4.90 Å². The summed E-state index contributed by atoms with van der Waals surface area (Å²) < 4.78 is 0. The van der Waals surface area contributed by atoms with Gasteiger partial charge in [-0.15, -0.1) is 10.2 Å². The van der Waals surface area contributed by atoms with E-state index in [1.54, 1.807) is 6.07 Å². The van der Waals surface area contributed by atoms with Crippen LogP contribution in [0.3, 0.4) is 0 Å². The van der Waals surface area contributed by atoms with Gasteiger partial charge in [-0.2, -0.15) is 5.26 Å². The van der Waals surface area contributed by atoms with Crippen LogP contribution in [0.2, 0.25) is 0 Å². The van der Waals surface area contributed by atoms with E-state index in [0.717, 1.165) is 31.7 Å². The maximum Gasteiger partial charge on any atom is 0.163 e. The van der Waals surface area contributed by atoms with Crippen LogP contribution in [0.25, 0.3) is 6.08 Å². The third kappa shape index (κ3) is 3.26. The third-order valence-electron chi connectivity index (χ3n) is 3.67. The molecule has 0 unspecified atom stereocenters. The summed E-state index contributed by atoms with van der Waals surface area (Å²) in [6, 6.07) is 16.0. The number of hydrogen-bond acceptors (Lipinski definition) is 4. The van der Waals surface area contributed by atoms with Crippen LogP contribution in [0.1, 0.15) is 24.1 Å². The van der Waals surface area contributed by atoms with Gasteiger partial charge < -0.3 is 4.90 Å². The summed E-state index contributed by atoms with van der Waals surface area (Å²) in [4.78, 5) is 2.22. The zero-order chi connectivity index (χ0) is 14.5. The second-order valence-electron chi connectivity index (χ2n) is 5.09. The number of benzene rings is 1. The molecule has 1 saturated heterocycles. The number of hydrogen-bond donors (Lipinski definition) is 0. The molecule has 0 amide bonds. The van der Waals surface area contributed by atoms with Gasteiger partial charge in [0.15, 0.2) is 11.5 Å². The van der Waals surface area contributed by atoms with Crippen molar-refractivity contribution in [2.75, 3.05) is 18.0 Å². The Labute approximate surface area is 124 Å². The minimum atomic E-state index is 0.362. The smallest absolute Gasteiger partial charge is 0.163 e. The normalized spacial score (nSPS) is 14.6. The SMILES string of the molecule is N#Cc1ccc(N2CCC(=Cc3ccccc3)CC2)nn1. The Hall–Kier alpha value is -2.67. The van der Waals surface area contributed by atoms with E-state index in [9.17, 15) is 0 Å².